The van der Waals surface area contributed by atoms with Gasteiger partial charge in [-0.2, -0.15) is 0 Å². The molecule has 0 saturated carbocycles. The van der Waals surface area contributed by atoms with Crippen molar-refractivity contribution in [3.63, 3.8) is 0 Å². The topological polar surface area (TPSA) is 49.3 Å². The Hall–Kier alpha value is -1.35. The lowest BCUT2D eigenvalue weighted by molar-refractivity contribution is -0.128. The van der Waals surface area contributed by atoms with Crippen LogP contribution in [0.4, 0.5) is 0 Å². The summed E-state index contributed by atoms with van der Waals surface area (Å²) >= 11 is 0. The lowest BCUT2D eigenvalue weighted by Crippen LogP contribution is -2.33. The molecule has 0 aliphatic carbocycles. The minimum Gasteiger partial charge on any atom is -0.384 e. The van der Waals surface area contributed by atoms with Crippen molar-refractivity contribution in [1.29, 1.82) is 0 Å². The standard InChI is InChI=1S/C15H23NO2/c1-10(2)13-6-5-11(3)14(9-13)7-8-16-15(18)12(4)17/h5-6,9-10,12,17H,7-8H2,1-4H3,(H,16,18). The molecule has 0 radical (unpaired) electrons. The van der Waals surface area contributed by atoms with Gasteiger partial charge >= 0.3 is 0 Å². The molecule has 0 fully saturated rings. The van der Waals surface area contributed by atoms with E-state index in [1.54, 1.807) is 0 Å². The molecule has 0 heterocycles. The van der Waals surface area contributed by atoms with Crippen molar-refractivity contribution < 1.29 is 9.90 Å². The van der Waals surface area contributed by atoms with Gasteiger partial charge in [0.15, 0.2) is 0 Å². The molecule has 1 rings (SSSR count). The molecule has 1 amide bonds. The fourth-order valence-electron chi connectivity index (χ4n) is 1.79. The molecule has 1 aromatic carbocycles. The van der Waals surface area contributed by atoms with Crippen LogP contribution >= 0.6 is 0 Å². The first kappa shape index (κ1) is 14.7. The third-order valence-corrected chi connectivity index (χ3v) is 3.11. The maximum Gasteiger partial charge on any atom is 0.248 e. The molecular weight excluding hydrogens is 226 g/mol. The predicted octanol–water partition coefficient (Wildman–Crippen LogP) is 2.16. The Morgan fingerprint density at radius 1 is 1.33 bits per heavy atom. The molecule has 0 aromatic heterocycles. The molecule has 1 unspecified atom stereocenters. The van der Waals surface area contributed by atoms with E-state index in [-0.39, 0.29) is 5.91 Å². The van der Waals surface area contributed by atoms with E-state index in [2.05, 4.69) is 44.3 Å². The number of aryl methyl sites for hydroxylation is 1. The molecule has 18 heavy (non-hydrogen) atoms. The SMILES string of the molecule is Cc1ccc(C(C)C)cc1CCNC(=O)C(C)O. The molecular formula is C15H23NO2. The molecule has 0 aliphatic rings. The van der Waals surface area contributed by atoms with Crippen molar-refractivity contribution in [1.82, 2.24) is 5.32 Å². The summed E-state index contributed by atoms with van der Waals surface area (Å²) in [5.41, 5.74) is 3.82. The Morgan fingerprint density at radius 3 is 2.56 bits per heavy atom. The molecule has 2 N–H and O–H groups in total. The summed E-state index contributed by atoms with van der Waals surface area (Å²) in [7, 11) is 0. The summed E-state index contributed by atoms with van der Waals surface area (Å²) < 4.78 is 0. The fourth-order valence-corrected chi connectivity index (χ4v) is 1.79. The first-order chi connectivity index (χ1) is 8.41. The molecule has 3 heteroatoms. The van der Waals surface area contributed by atoms with Gasteiger partial charge in [0.05, 0.1) is 0 Å². The number of hydrogen-bond acceptors (Lipinski definition) is 2. The lowest BCUT2D eigenvalue weighted by atomic mass is 9.96. The van der Waals surface area contributed by atoms with Crippen molar-refractivity contribution in [3.05, 3.63) is 34.9 Å². The summed E-state index contributed by atoms with van der Waals surface area (Å²) in [6.45, 7) is 8.45. The third kappa shape index (κ3) is 4.15. The van der Waals surface area contributed by atoms with Crippen LogP contribution in [0.5, 0.6) is 0 Å². The second kappa shape index (κ2) is 6.55. The van der Waals surface area contributed by atoms with Crippen LogP contribution in [-0.2, 0) is 11.2 Å². The molecule has 1 aromatic rings. The highest BCUT2D eigenvalue weighted by Gasteiger charge is 2.08. The number of rotatable bonds is 5. The van der Waals surface area contributed by atoms with Crippen molar-refractivity contribution in [3.8, 4) is 0 Å². The first-order valence-electron chi connectivity index (χ1n) is 6.47. The van der Waals surface area contributed by atoms with E-state index in [9.17, 15) is 4.79 Å². The average Bonchev–Trinajstić information content (AvgIpc) is 2.30. The highest BCUT2D eigenvalue weighted by molar-refractivity contribution is 5.79. The monoisotopic (exact) mass is 249 g/mol. The largest absolute Gasteiger partial charge is 0.384 e. The van der Waals surface area contributed by atoms with Crippen LogP contribution in [-0.4, -0.2) is 23.7 Å². The second-order valence-electron chi connectivity index (χ2n) is 5.06. The van der Waals surface area contributed by atoms with Crippen molar-refractivity contribution in [2.75, 3.05) is 6.54 Å². The van der Waals surface area contributed by atoms with Gasteiger partial charge < -0.3 is 10.4 Å². The van der Waals surface area contributed by atoms with Crippen LogP contribution in [0.1, 0.15) is 43.4 Å². The summed E-state index contributed by atoms with van der Waals surface area (Å²) in [5.74, 6) is 0.198. The molecule has 0 saturated heterocycles. The summed E-state index contributed by atoms with van der Waals surface area (Å²) in [6.07, 6.45) is -0.140. The van der Waals surface area contributed by atoms with E-state index in [0.717, 1.165) is 6.42 Å². The zero-order chi connectivity index (χ0) is 13.7. The van der Waals surface area contributed by atoms with E-state index in [0.29, 0.717) is 12.5 Å². The van der Waals surface area contributed by atoms with E-state index in [1.165, 1.54) is 23.6 Å². The predicted molar refractivity (Wildman–Crippen MR) is 73.7 cm³/mol. The minimum absolute atomic E-state index is 0.312. The number of amides is 1. The Balaban J connectivity index is 2.61. The zero-order valence-electron chi connectivity index (χ0n) is 11.7. The van der Waals surface area contributed by atoms with Gasteiger partial charge in [-0.3, -0.25) is 4.79 Å². The molecule has 0 aliphatic heterocycles. The zero-order valence-corrected chi connectivity index (χ0v) is 11.7. The highest BCUT2D eigenvalue weighted by atomic mass is 16.3. The van der Waals surface area contributed by atoms with Crippen molar-refractivity contribution in [2.24, 2.45) is 0 Å². The van der Waals surface area contributed by atoms with Gasteiger partial charge in [0.1, 0.15) is 6.10 Å². The third-order valence-electron chi connectivity index (χ3n) is 3.11. The number of carbonyl (C=O) groups is 1. The van der Waals surface area contributed by atoms with Gasteiger partial charge in [-0.1, -0.05) is 32.0 Å². The molecule has 0 bridgehead atoms. The van der Waals surface area contributed by atoms with Crippen LogP contribution < -0.4 is 5.32 Å². The first-order valence-corrected chi connectivity index (χ1v) is 6.47. The van der Waals surface area contributed by atoms with Gasteiger partial charge in [0, 0.05) is 6.54 Å². The number of carbonyl (C=O) groups excluding carboxylic acids is 1. The Kier molecular flexibility index (Phi) is 5.35. The lowest BCUT2D eigenvalue weighted by Gasteiger charge is -2.12. The minimum atomic E-state index is -0.937. The van der Waals surface area contributed by atoms with Crippen LogP contribution in [0.3, 0.4) is 0 Å². The van der Waals surface area contributed by atoms with Crippen molar-refractivity contribution in [2.45, 2.75) is 46.1 Å². The highest BCUT2D eigenvalue weighted by Crippen LogP contribution is 2.18. The van der Waals surface area contributed by atoms with Gasteiger partial charge in [-0.25, -0.2) is 0 Å². The Labute approximate surface area is 109 Å². The van der Waals surface area contributed by atoms with E-state index >= 15 is 0 Å². The van der Waals surface area contributed by atoms with Crippen LogP contribution in [0, 0.1) is 6.92 Å². The number of hydrogen-bond donors (Lipinski definition) is 2. The molecule has 3 nitrogen and oxygen atoms in total. The summed E-state index contributed by atoms with van der Waals surface area (Å²) in [6, 6.07) is 6.48. The average molecular weight is 249 g/mol. The maximum atomic E-state index is 11.2. The quantitative estimate of drug-likeness (QED) is 0.840. The molecule has 100 valence electrons. The molecule has 1 atom stereocenters. The maximum absolute atomic E-state index is 11.2. The summed E-state index contributed by atoms with van der Waals surface area (Å²) in [5, 5.41) is 11.8. The normalized spacial score (nSPS) is 12.6. The van der Waals surface area contributed by atoms with Crippen LogP contribution in [0.25, 0.3) is 0 Å². The van der Waals surface area contributed by atoms with Gasteiger partial charge in [0.2, 0.25) is 5.91 Å². The van der Waals surface area contributed by atoms with E-state index in [4.69, 9.17) is 5.11 Å². The fraction of sp³-hybridized carbons (Fsp3) is 0.533. The molecule has 0 spiro atoms. The van der Waals surface area contributed by atoms with Crippen molar-refractivity contribution >= 4 is 5.91 Å². The van der Waals surface area contributed by atoms with Gasteiger partial charge in [-0.05, 0) is 42.9 Å². The Bertz CT molecular complexity index is 411. The number of aliphatic hydroxyl groups excluding tert-OH is 1. The Morgan fingerprint density at radius 2 is 2.00 bits per heavy atom. The van der Waals surface area contributed by atoms with Gasteiger partial charge in [-0.15, -0.1) is 0 Å². The number of benzene rings is 1. The smallest absolute Gasteiger partial charge is 0.248 e. The van der Waals surface area contributed by atoms with Crippen LogP contribution in [0.2, 0.25) is 0 Å². The van der Waals surface area contributed by atoms with Gasteiger partial charge in [0.25, 0.3) is 0 Å². The summed E-state index contributed by atoms with van der Waals surface area (Å²) in [4.78, 5) is 11.2. The second-order valence-corrected chi connectivity index (χ2v) is 5.06. The number of nitrogens with one attached hydrogen (secondary N) is 1. The number of aliphatic hydroxyl groups is 1. The van der Waals surface area contributed by atoms with E-state index in [1.807, 2.05) is 0 Å². The van der Waals surface area contributed by atoms with Crippen LogP contribution in [0.15, 0.2) is 18.2 Å². The van der Waals surface area contributed by atoms with E-state index < -0.39 is 6.10 Å².